The fraction of sp³-hybridized carbons (Fsp3) is 0.143. The van der Waals surface area contributed by atoms with Crippen LogP contribution in [0.1, 0.15) is 34.0 Å². The van der Waals surface area contributed by atoms with E-state index < -0.39 is 17.7 Å². The maximum Gasteiger partial charge on any atom is 0.339 e. The van der Waals surface area contributed by atoms with Crippen molar-refractivity contribution in [3.8, 4) is 17.2 Å². The number of aromatic carboxylic acids is 1. The monoisotopic (exact) mass is 396 g/mol. The van der Waals surface area contributed by atoms with Crippen LogP contribution in [0.25, 0.3) is 5.69 Å². The van der Waals surface area contributed by atoms with E-state index in [1.165, 1.54) is 42.1 Å². The predicted molar refractivity (Wildman–Crippen MR) is 102 cm³/mol. The van der Waals surface area contributed by atoms with E-state index in [-0.39, 0.29) is 40.8 Å². The molecule has 0 saturated carbocycles. The van der Waals surface area contributed by atoms with Gasteiger partial charge in [0.25, 0.3) is 0 Å². The van der Waals surface area contributed by atoms with Gasteiger partial charge in [-0.3, -0.25) is 4.79 Å². The SMILES string of the molecule is COc1ccc(C2CC(=O)Nc3c(C(=O)O)cn(-c4ccccc4F)c32)cc1O. The molecule has 1 aromatic heterocycles. The molecule has 148 valence electrons. The van der Waals surface area contributed by atoms with Crippen LogP contribution in [0.2, 0.25) is 0 Å². The number of nitrogens with one attached hydrogen (secondary N) is 1. The van der Waals surface area contributed by atoms with Crippen LogP contribution in [-0.4, -0.2) is 33.8 Å². The molecule has 2 heterocycles. The van der Waals surface area contributed by atoms with Crippen molar-refractivity contribution in [1.29, 1.82) is 0 Å². The predicted octanol–water partition coefficient (Wildman–Crippen LogP) is 3.50. The molecule has 3 N–H and O–H groups in total. The Labute approximate surface area is 165 Å². The molecule has 0 saturated heterocycles. The molecule has 7 nitrogen and oxygen atoms in total. The van der Waals surface area contributed by atoms with Crippen molar-refractivity contribution < 1.29 is 28.9 Å². The molecular formula is C21H17FN2O5. The lowest BCUT2D eigenvalue weighted by Gasteiger charge is -2.26. The van der Waals surface area contributed by atoms with Gasteiger partial charge in [-0.1, -0.05) is 18.2 Å². The number of nitrogens with zero attached hydrogens (tertiary/aromatic N) is 1. The van der Waals surface area contributed by atoms with Gasteiger partial charge in [-0.2, -0.15) is 0 Å². The summed E-state index contributed by atoms with van der Waals surface area (Å²) in [6.07, 6.45) is 1.31. The van der Waals surface area contributed by atoms with Crippen molar-refractivity contribution in [2.24, 2.45) is 0 Å². The van der Waals surface area contributed by atoms with E-state index in [9.17, 15) is 24.2 Å². The van der Waals surface area contributed by atoms with Crippen LogP contribution >= 0.6 is 0 Å². The number of para-hydroxylation sites is 1. The Kier molecular flexibility index (Phi) is 4.46. The van der Waals surface area contributed by atoms with E-state index in [0.29, 0.717) is 11.3 Å². The van der Waals surface area contributed by atoms with Crippen LogP contribution in [0, 0.1) is 5.82 Å². The topological polar surface area (TPSA) is 101 Å². The Hall–Kier alpha value is -3.81. The number of carbonyl (C=O) groups is 2. The molecule has 1 aliphatic rings. The molecule has 0 radical (unpaired) electrons. The zero-order valence-electron chi connectivity index (χ0n) is 15.3. The first-order valence-electron chi connectivity index (χ1n) is 8.81. The maximum absolute atomic E-state index is 14.5. The third-order valence-electron chi connectivity index (χ3n) is 4.97. The van der Waals surface area contributed by atoms with Crippen molar-refractivity contribution in [1.82, 2.24) is 4.57 Å². The van der Waals surface area contributed by atoms with Gasteiger partial charge in [0.2, 0.25) is 5.91 Å². The molecular weight excluding hydrogens is 379 g/mol. The molecule has 2 aromatic carbocycles. The van der Waals surface area contributed by atoms with E-state index >= 15 is 0 Å². The van der Waals surface area contributed by atoms with Gasteiger partial charge in [0, 0.05) is 18.5 Å². The number of hydrogen-bond acceptors (Lipinski definition) is 4. The molecule has 0 fully saturated rings. The average Bonchev–Trinajstić information content (AvgIpc) is 3.07. The second kappa shape index (κ2) is 6.97. The summed E-state index contributed by atoms with van der Waals surface area (Å²) in [6.45, 7) is 0. The third-order valence-corrected chi connectivity index (χ3v) is 4.97. The standard InChI is InChI=1S/C21H17FN2O5/c1-29-17-7-6-11(8-16(17)25)12-9-18(26)23-19-13(21(27)28)10-24(20(12)19)15-5-3-2-4-14(15)22/h2-8,10,12,25H,9H2,1H3,(H,23,26)(H,27,28). The number of phenols is 1. The summed E-state index contributed by atoms with van der Waals surface area (Å²) in [5, 5.41) is 22.4. The van der Waals surface area contributed by atoms with Gasteiger partial charge in [0.1, 0.15) is 11.4 Å². The number of fused-ring (bicyclic) bond motifs is 1. The first-order valence-corrected chi connectivity index (χ1v) is 8.81. The number of amides is 1. The van der Waals surface area contributed by atoms with Crippen LogP contribution in [0.4, 0.5) is 10.1 Å². The lowest BCUT2D eigenvalue weighted by molar-refractivity contribution is -0.116. The molecule has 3 aromatic rings. The number of carboxylic acids is 1. The Balaban J connectivity index is 1.97. The highest BCUT2D eigenvalue weighted by Gasteiger charge is 2.35. The minimum Gasteiger partial charge on any atom is -0.504 e. The number of rotatable bonds is 4. The number of anilines is 1. The largest absolute Gasteiger partial charge is 0.504 e. The molecule has 1 aliphatic heterocycles. The van der Waals surface area contributed by atoms with Crippen LogP contribution in [0.3, 0.4) is 0 Å². The van der Waals surface area contributed by atoms with Crippen molar-refractivity contribution in [2.45, 2.75) is 12.3 Å². The number of benzene rings is 2. The van der Waals surface area contributed by atoms with Gasteiger partial charge in [-0.25, -0.2) is 9.18 Å². The Morgan fingerprint density at radius 2 is 2.03 bits per heavy atom. The Morgan fingerprint density at radius 3 is 2.69 bits per heavy atom. The zero-order valence-corrected chi connectivity index (χ0v) is 15.3. The molecule has 1 amide bonds. The maximum atomic E-state index is 14.5. The quantitative estimate of drug-likeness (QED) is 0.627. The number of carbonyl (C=O) groups excluding carboxylic acids is 1. The summed E-state index contributed by atoms with van der Waals surface area (Å²) in [5.74, 6) is -2.58. The van der Waals surface area contributed by atoms with Gasteiger partial charge in [0.15, 0.2) is 11.5 Å². The van der Waals surface area contributed by atoms with Crippen molar-refractivity contribution in [3.05, 3.63) is 71.3 Å². The van der Waals surface area contributed by atoms with Crippen molar-refractivity contribution in [3.63, 3.8) is 0 Å². The Morgan fingerprint density at radius 1 is 1.28 bits per heavy atom. The molecule has 29 heavy (non-hydrogen) atoms. The van der Waals surface area contributed by atoms with E-state index in [0.717, 1.165) is 0 Å². The molecule has 0 spiro atoms. The summed E-state index contributed by atoms with van der Waals surface area (Å²) in [5.41, 5.74) is 1.15. The molecule has 0 bridgehead atoms. The van der Waals surface area contributed by atoms with Gasteiger partial charge < -0.3 is 24.8 Å². The lowest BCUT2D eigenvalue weighted by atomic mass is 9.88. The highest BCUT2D eigenvalue weighted by atomic mass is 19.1. The van der Waals surface area contributed by atoms with Crippen molar-refractivity contribution >= 4 is 17.6 Å². The fourth-order valence-corrected chi connectivity index (χ4v) is 3.68. The van der Waals surface area contributed by atoms with Crippen LogP contribution in [-0.2, 0) is 4.79 Å². The number of hydrogen-bond donors (Lipinski definition) is 3. The van der Waals surface area contributed by atoms with Crippen LogP contribution < -0.4 is 10.1 Å². The zero-order chi connectivity index (χ0) is 20.7. The summed E-state index contributed by atoms with van der Waals surface area (Å²) < 4.78 is 21.0. The first kappa shape index (κ1) is 18.5. The molecule has 8 heteroatoms. The Bertz CT molecular complexity index is 1140. The number of methoxy groups -OCH3 is 1. The summed E-state index contributed by atoms with van der Waals surface area (Å²) in [6, 6.07) is 10.7. The fourth-order valence-electron chi connectivity index (χ4n) is 3.68. The smallest absolute Gasteiger partial charge is 0.339 e. The number of phenolic OH excluding ortho intramolecular Hbond substituents is 1. The highest BCUT2D eigenvalue weighted by Crippen LogP contribution is 2.43. The lowest BCUT2D eigenvalue weighted by Crippen LogP contribution is -2.25. The number of ether oxygens (including phenoxy) is 1. The number of aromatic hydroxyl groups is 1. The third kappa shape index (κ3) is 3.08. The van der Waals surface area contributed by atoms with Gasteiger partial charge in [0.05, 0.1) is 24.2 Å². The second-order valence-electron chi connectivity index (χ2n) is 6.67. The number of halogens is 1. The van der Waals surface area contributed by atoms with Crippen LogP contribution in [0.5, 0.6) is 11.5 Å². The summed E-state index contributed by atoms with van der Waals surface area (Å²) in [4.78, 5) is 24.1. The van der Waals surface area contributed by atoms with E-state index in [1.807, 2.05) is 0 Å². The molecule has 1 atom stereocenters. The van der Waals surface area contributed by atoms with E-state index in [2.05, 4.69) is 5.32 Å². The van der Waals surface area contributed by atoms with Crippen LogP contribution in [0.15, 0.2) is 48.7 Å². The molecule has 1 unspecified atom stereocenters. The number of aromatic nitrogens is 1. The number of carboxylic acid groups (broad SMARTS) is 1. The highest BCUT2D eigenvalue weighted by molar-refractivity contribution is 6.04. The first-order chi connectivity index (χ1) is 13.9. The van der Waals surface area contributed by atoms with E-state index in [4.69, 9.17) is 4.74 Å². The molecule has 4 rings (SSSR count). The minimum absolute atomic E-state index is 0.0102. The van der Waals surface area contributed by atoms with Gasteiger partial charge in [-0.05, 0) is 29.8 Å². The normalized spacial score (nSPS) is 15.5. The van der Waals surface area contributed by atoms with Crippen molar-refractivity contribution in [2.75, 3.05) is 12.4 Å². The van der Waals surface area contributed by atoms with E-state index in [1.54, 1.807) is 18.2 Å². The van der Waals surface area contributed by atoms with Gasteiger partial charge >= 0.3 is 5.97 Å². The summed E-state index contributed by atoms with van der Waals surface area (Å²) in [7, 11) is 1.42. The van der Waals surface area contributed by atoms with Gasteiger partial charge in [-0.15, -0.1) is 0 Å². The minimum atomic E-state index is -1.24. The summed E-state index contributed by atoms with van der Waals surface area (Å²) >= 11 is 0. The average molecular weight is 396 g/mol. The second-order valence-corrected chi connectivity index (χ2v) is 6.67. The molecule has 0 aliphatic carbocycles.